The number of para-hydroxylation sites is 1. The third-order valence-electron chi connectivity index (χ3n) is 5.13. The highest BCUT2D eigenvalue weighted by Gasteiger charge is 2.59. The van der Waals surface area contributed by atoms with Crippen molar-refractivity contribution < 1.29 is 14.3 Å². The van der Waals surface area contributed by atoms with E-state index < -0.39 is 4.87 Å². The number of nitrogens with zero attached hydrogens (tertiary/aromatic N) is 2. The normalized spacial score (nSPS) is 21.2. The average Bonchev–Trinajstić information content (AvgIpc) is 3.21. The van der Waals surface area contributed by atoms with Gasteiger partial charge in [0, 0.05) is 25.0 Å². The number of rotatable bonds is 4. The van der Waals surface area contributed by atoms with Crippen LogP contribution in [-0.2, 0) is 25.7 Å². The number of fused-ring (bicyclic) bond motifs is 2. The molecular formula is C21H22N2O3S. The van der Waals surface area contributed by atoms with E-state index in [2.05, 4.69) is 12.1 Å². The van der Waals surface area contributed by atoms with Gasteiger partial charge in [0.05, 0.1) is 12.2 Å². The van der Waals surface area contributed by atoms with Crippen LogP contribution in [0, 0.1) is 6.92 Å². The van der Waals surface area contributed by atoms with Gasteiger partial charge in [-0.3, -0.25) is 9.59 Å². The van der Waals surface area contributed by atoms with Gasteiger partial charge < -0.3 is 14.5 Å². The molecule has 1 saturated heterocycles. The van der Waals surface area contributed by atoms with Crippen LogP contribution in [0.2, 0.25) is 0 Å². The van der Waals surface area contributed by atoms with Crippen molar-refractivity contribution >= 4 is 29.3 Å². The van der Waals surface area contributed by atoms with E-state index in [0.29, 0.717) is 13.1 Å². The predicted molar refractivity (Wildman–Crippen MR) is 107 cm³/mol. The zero-order valence-electron chi connectivity index (χ0n) is 15.5. The molecule has 2 aromatic rings. The fraction of sp³-hybridized carbons (Fsp3) is 0.333. The molecule has 4 rings (SSSR count). The maximum atomic E-state index is 13.6. The number of ether oxygens (including phenoxy) is 1. The van der Waals surface area contributed by atoms with Crippen molar-refractivity contribution in [2.75, 3.05) is 30.9 Å². The summed E-state index contributed by atoms with van der Waals surface area (Å²) in [6.45, 7) is 3.06. The molecule has 0 unspecified atom stereocenters. The Labute approximate surface area is 163 Å². The summed E-state index contributed by atoms with van der Waals surface area (Å²) >= 11 is 1.54. The lowest BCUT2D eigenvalue weighted by atomic mass is 10.1. The van der Waals surface area contributed by atoms with Crippen LogP contribution in [-0.4, -0.2) is 42.7 Å². The number of methoxy groups -OCH3 is 1. The fourth-order valence-electron chi connectivity index (χ4n) is 3.86. The van der Waals surface area contributed by atoms with Crippen molar-refractivity contribution in [1.82, 2.24) is 4.90 Å². The average molecular weight is 382 g/mol. The topological polar surface area (TPSA) is 49.9 Å². The SMILES string of the molecule is COCC(=O)N1CCS[C@]12C(=O)N(Cc1ccc(C)cc1)c1ccccc12. The highest BCUT2D eigenvalue weighted by Crippen LogP contribution is 2.54. The summed E-state index contributed by atoms with van der Waals surface area (Å²) in [7, 11) is 1.50. The van der Waals surface area contributed by atoms with E-state index in [0.717, 1.165) is 22.6 Å². The molecule has 6 heteroatoms. The lowest BCUT2D eigenvalue weighted by Crippen LogP contribution is -2.51. The smallest absolute Gasteiger partial charge is 0.268 e. The minimum atomic E-state index is -0.975. The van der Waals surface area contributed by atoms with Gasteiger partial charge in [-0.05, 0) is 18.6 Å². The molecule has 0 aliphatic carbocycles. The van der Waals surface area contributed by atoms with Gasteiger partial charge in [0.1, 0.15) is 6.61 Å². The van der Waals surface area contributed by atoms with Crippen molar-refractivity contribution in [3.8, 4) is 0 Å². The van der Waals surface area contributed by atoms with Crippen LogP contribution >= 0.6 is 11.8 Å². The highest BCUT2D eigenvalue weighted by atomic mass is 32.2. The van der Waals surface area contributed by atoms with Crippen LogP contribution in [0.25, 0.3) is 0 Å². The number of thioether (sulfide) groups is 1. The molecule has 0 N–H and O–H groups in total. The van der Waals surface area contributed by atoms with Crippen LogP contribution in [0.4, 0.5) is 5.69 Å². The standard InChI is InChI=1S/C21H22N2O3S/c1-15-7-9-16(10-8-15)13-22-18-6-4-3-5-17(18)21(20(22)25)23(11-12-27-21)19(24)14-26-2/h3-10H,11-14H2,1-2H3/t21-/m1/s1. The molecule has 140 valence electrons. The molecule has 0 radical (unpaired) electrons. The van der Waals surface area contributed by atoms with Crippen LogP contribution in [0.5, 0.6) is 0 Å². The molecule has 1 fully saturated rings. The zero-order valence-corrected chi connectivity index (χ0v) is 16.3. The predicted octanol–water partition coefficient (Wildman–Crippen LogP) is 2.92. The summed E-state index contributed by atoms with van der Waals surface area (Å²) < 4.78 is 5.05. The van der Waals surface area contributed by atoms with Crippen LogP contribution in [0.15, 0.2) is 48.5 Å². The Bertz CT molecular complexity index is 883. The summed E-state index contributed by atoms with van der Waals surface area (Å²) in [4.78, 5) is 28.9. The van der Waals surface area contributed by atoms with Crippen molar-refractivity contribution in [1.29, 1.82) is 0 Å². The van der Waals surface area contributed by atoms with Crippen molar-refractivity contribution in [2.45, 2.75) is 18.3 Å². The third-order valence-corrected chi connectivity index (χ3v) is 6.55. The van der Waals surface area contributed by atoms with E-state index >= 15 is 0 Å². The maximum absolute atomic E-state index is 13.6. The molecule has 0 aromatic heterocycles. The van der Waals surface area contributed by atoms with Gasteiger partial charge in [-0.25, -0.2) is 0 Å². The van der Waals surface area contributed by atoms with Crippen molar-refractivity contribution in [2.24, 2.45) is 0 Å². The fourth-order valence-corrected chi connectivity index (χ4v) is 5.34. The first-order chi connectivity index (χ1) is 13.1. The van der Waals surface area contributed by atoms with E-state index in [9.17, 15) is 9.59 Å². The van der Waals surface area contributed by atoms with Crippen LogP contribution in [0.3, 0.4) is 0 Å². The van der Waals surface area contributed by atoms with Crippen molar-refractivity contribution in [3.63, 3.8) is 0 Å². The summed E-state index contributed by atoms with van der Waals surface area (Å²) in [6, 6.07) is 16.0. The Morgan fingerprint density at radius 3 is 2.67 bits per heavy atom. The number of hydrogen-bond acceptors (Lipinski definition) is 4. The van der Waals surface area contributed by atoms with E-state index in [1.165, 1.54) is 12.7 Å². The molecule has 2 aliphatic heterocycles. The molecule has 2 heterocycles. The van der Waals surface area contributed by atoms with Gasteiger partial charge in [0.2, 0.25) is 5.91 Å². The van der Waals surface area contributed by atoms with Gasteiger partial charge in [-0.1, -0.05) is 48.0 Å². The van der Waals surface area contributed by atoms with Gasteiger partial charge >= 0.3 is 0 Å². The largest absolute Gasteiger partial charge is 0.375 e. The van der Waals surface area contributed by atoms with E-state index in [1.807, 2.05) is 48.2 Å². The second-order valence-electron chi connectivity index (χ2n) is 6.86. The summed E-state index contributed by atoms with van der Waals surface area (Å²) in [5.41, 5.74) is 4.03. The van der Waals surface area contributed by atoms with Gasteiger partial charge in [-0.15, -0.1) is 11.8 Å². The van der Waals surface area contributed by atoms with Gasteiger partial charge in [0.25, 0.3) is 5.91 Å². The Kier molecular flexibility index (Phi) is 4.70. The summed E-state index contributed by atoms with van der Waals surface area (Å²) in [5, 5.41) is 0. The lowest BCUT2D eigenvalue weighted by Gasteiger charge is -2.33. The molecule has 1 atom stereocenters. The molecule has 5 nitrogen and oxygen atoms in total. The number of hydrogen-bond donors (Lipinski definition) is 0. The number of aryl methyl sites for hydroxylation is 1. The number of amides is 2. The summed E-state index contributed by atoms with van der Waals surface area (Å²) in [5.74, 6) is 0.535. The Balaban J connectivity index is 1.75. The third kappa shape index (κ3) is 2.84. The first-order valence-electron chi connectivity index (χ1n) is 8.98. The molecule has 0 saturated carbocycles. The monoisotopic (exact) mass is 382 g/mol. The highest BCUT2D eigenvalue weighted by molar-refractivity contribution is 8.01. The molecular weight excluding hydrogens is 360 g/mol. The van der Waals surface area contributed by atoms with Crippen molar-refractivity contribution in [3.05, 3.63) is 65.2 Å². The summed E-state index contributed by atoms with van der Waals surface area (Å²) in [6.07, 6.45) is 0. The van der Waals surface area contributed by atoms with E-state index in [4.69, 9.17) is 4.74 Å². The quantitative estimate of drug-likeness (QED) is 0.816. The second-order valence-corrected chi connectivity index (χ2v) is 8.15. The maximum Gasteiger partial charge on any atom is 0.268 e. The Morgan fingerprint density at radius 1 is 1.19 bits per heavy atom. The minimum absolute atomic E-state index is 0.0181. The van der Waals surface area contributed by atoms with Crippen LogP contribution < -0.4 is 4.90 Å². The second kappa shape index (κ2) is 7.02. The minimum Gasteiger partial charge on any atom is -0.375 e. The number of carbonyl (C=O) groups is 2. The Morgan fingerprint density at radius 2 is 1.93 bits per heavy atom. The van der Waals surface area contributed by atoms with Gasteiger partial charge in [0.15, 0.2) is 4.87 Å². The molecule has 0 bridgehead atoms. The first kappa shape index (κ1) is 18.1. The van der Waals surface area contributed by atoms with E-state index in [-0.39, 0.29) is 18.4 Å². The zero-order chi connectivity index (χ0) is 19.0. The van der Waals surface area contributed by atoms with Gasteiger partial charge in [-0.2, -0.15) is 0 Å². The number of carbonyl (C=O) groups excluding carboxylic acids is 2. The van der Waals surface area contributed by atoms with Crippen LogP contribution in [0.1, 0.15) is 16.7 Å². The lowest BCUT2D eigenvalue weighted by molar-refractivity contribution is -0.143. The molecule has 2 aromatic carbocycles. The van der Waals surface area contributed by atoms with E-state index in [1.54, 1.807) is 16.7 Å². The molecule has 1 spiro atoms. The number of benzene rings is 2. The first-order valence-corrected chi connectivity index (χ1v) is 9.97. The Hall–Kier alpha value is -2.31. The number of anilines is 1. The molecule has 2 aliphatic rings. The molecule has 27 heavy (non-hydrogen) atoms. The molecule has 2 amide bonds.